The predicted octanol–water partition coefficient (Wildman–Crippen LogP) is 4.13. The van der Waals surface area contributed by atoms with Crippen LogP contribution in [0.15, 0.2) is 21.4 Å². The molecule has 0 amide bonds. The van der Waals surface area contributed by atoms with Crippen LogP contribution in [0.3, 0.4) is 0 Å². The Bertz CT molecular complexity index is 281. The largest absolute Gasteiger partial charge is 0.457 e. The molecule has 1 atom stereocenters. The number of hydrogen-bond acceptors (Lipinski definition) is 2. The molecule has 0 radical (unpaired) electrons. The van der Waals surface area contributed by atoms with E-state index < -0.39 is 0 Å². The molecule has 2 nitrogen and oxygen atoms in total. The first kappa shape index (κ1) is 12.8. The van der Waals surface area contributed by atoms with E-state index in [0.29, 0.717) is 12.0 Å². The summed E-state index contributed by atoms with van der Waals surface area (Å²) in [6.07, 6.45) is 4.11. The molecule has 3 heteroatoms. The van der Waals surface area contributed by atoms with Crippen molar-refractivity contribution in [1.82, 2.24) is 5.32 Å². The summed E-state index contributed by atoms with van der Waals surface area (Å²) in [5, 5.41) is 3.54. The molecule has 0 aliphatic carbocycles. The highest BCUT2D eigenvalue weighted by molar-refractivity contribution is 9.10. The van der Waals surface area contributed by atoms with Gasteiger partial charge in [0.2, 0.25) is 0 Å². The maximum absolute atomic E-state index is 5.31. The van der Waals surface area contributed by atoms with E-state index in [1.54, 1.807) is 6.26 Å². The summed E-state index contributed by atoms with van der Waals surface area (Å²) in [6.45, 7) is 7.61. The van der Waals surface area contributed by atoms with Gasteiger partial charge in [-0.2, -0.15) is 0 Å². The van der Waals surface area contributed by atoms with E-state index in [1.807, 2.05) is 0 Å². The zero-order valence-electron chi connectivity index (χ0n) is 9.72. The van der Waals surface area contributed by atoms with Crippen molar-refractivity contribution in [2.75, 3.05) is 6.54 Å². The van der Waals surface area contributed by atoms with Crippen LogP contribution in [0.1, 0.15) is 45.2 Å². The fourth-order valence-corrected chi connectivity index (χ4v) is 2.52. The van der Waals surface area contributed by atoms with Crippen molar-refractivity contribution in [1.29, 1.82) is 0 Å². The Kier molecular flexibility index (Phi) is 5.40. The van der Waals surface area contributed by atoms with Crippen LogP contribution in [0, 0.1) is 5.92 Å². The molecule has 1 aromatic rings. The molecular formula is C12H20BrNO. The summed E-state index contributed by atoms with van der Waals surface area (Å²) in [4.78, 5) is 0. The average molecular weight is 274 g/mol. The molecular weight excluding hydrogens is 254 g/mol. The zero-order chi connectivity index (χ0) is 11.3. The molecule has 0 spiro atoms. The van der Waals surface area contributed by atoms with Crippen molar-refractivity contribution in [3.8, 4) is 0 Å². The summed E-state index contributed by atoms with van der Waals surface area (Å²) in [5.41, 5.74) is 1.24. The standard InChI is InChI=1S/C12H20BrNO/c1-4-9(5-2)11(14-6-3)10-7-8-15-12(10)13/h7-9,11,14H,4-6H2,1-3H3. The van der Waals surface area contributed by atoms with Crippen LogP contribution < -0.4 is 5.32 Å². The minimum atomic E-state index is 0.401. The Balaban J connectivity index is 2.86. The van der Waals surface area contributed by atoms with E-state index in [-0.39, 0.29) is 0 Å². The van der Waals surface area contributed by atoms with Crippen molar-refractivity contribution < 1.29 is 4.42 Å². The maximum atomic E-state index is 5.31. The molecule has 0 saturated heterocycles. The number of nitrogens with one attached hydrogen (secondary N) is 1. The van der Waals surface area contributed by atoms with Crippen LogP contribution in [0.2, 0.25) is 0 Å². The molecule has 1 heterocycles. The Labute approximate surface area is 101 Å². The molecule has 1 N–H and O–H groups in total. The topological polar surface area (TPSA) is 25.2 Å². The second-order valence-corrected chi connectivity index (χ2v) is 4.48. The van der Waals surface area contributed by atoms with Gasteiger partial charge in [0, 0.05) is 11.6 Å². The molecule has 0 fully saturated rings. The smallest absolute Gasteiger partial charge is 0.173 e. The minimum Gasteiger partial charge on any atom is -0.457 e. The fraction of sp³-hybridized carbons (Fsp3) is 0.667. The molecule has 0 aliphatic rings. The van der Waals surface area contributed by atoms with E-state index in [4.69, 9.17) is 4.42 Å². The van der Waals surface area contributed by atoms with Crippen molar-refractivity contribution in [3.63, 3.8) is 0 Å². The summed E-state index contributed by atoms with van der Waals surface area (Å²) in [5.74, 6) is 0.666. The van der Waals surface area contributed by atoms with Gasteiger partial charge in [0.1, 0.15) is 0 Å². The molecule has 0 bridgehead atoms. The van der Waals surface area contributed by atoms with Gasteiger partial charge in [-0.25, -0.2) is 0 Å². The molecule has 1 aromatic heterocycles. The van der Waals surface area contributed by atoms with Gasteiger partial charge in [0.15, 0.2) is 4.67 Å². The van der Waals surface area contributed by atoms with E-state index in [1.165, 1.54) is 18.4 Å². The molecule has 0 aromatic carbocycles. The first-order valence-electron chi connectivity index (χ1n) is 5.70. The van der Waals surface area contributed by atoms with Gasteiger partial charge < -0.3 is 9.73 Å². The van der Waals surface area contributed by atoms with Gasteiger partial charge in [0.25, 0.3) is 0 Å². The highest BCUT2D eigenvalue weighted by atomic mass is 79.9. The van der Waals surface area contributed by atoms with Crippen LogP contribution in [0.5, 0.6) is 0 Å². The summed E-state index contributed by atoms with van der Waals surface area (Å²) < 4.78 is 6.17. The first-order chi connectivity index (χ1) is 7.24. The van der Waals surface area contributed by atoms with Gasteiger partial charge in [-0.15, -0.1) is 0 Å². The highest BCUT2D eigenvalue weighted by Crippen LogP contribution is 2.32. The molecule has 1 rings (SSSR count). The summed E-state index contributed by atoms with van der Waals surface area (Å²) in [6, 6.07) is 2.45. The van der Waals surface area contributed by atoms with Crippen molar-refractivity contribution in [2.24, 2.45) is 5.92 Å². The maximum Gasteiger partial charge on any atom is 0.173 e. The summed E-state index contributed by atoms with van der Waals surface area (Å²) >= 11 is 3.46. The lowest BCUT2D eigenvalue weighted by Gasteiger charge is -2.25. The Morgan fingerprint density at radius 1 is 1.33 bits per heavy atom. The zero-order valence-corrected chi connectivity index (χ0v) is 11.3. The lowest BCUT2D eigenvalue weighted by Crippen LogP contribution is -2.27. The van der Waals surface area contributed by atoms with Crippen LogP contribution in [-0.4, -0.2) is 6.54 Å². The monoisotopic (exact) mass is 273 g/mol. The second kappa shape index (κ2) is 6.33. The van der Waals surface area contributed by atoms with Gasteiger partial charge in [-0.3, -0.25) is 0 Å². The van der Waals surface area contributed by atoms with Crippen molar-refractivity contribution in [2.45, 2.75) is 39.7 Å². The first-order valence-corrected chi connectivity index (χ1v) is 6.50. The van der Waals surface area contributed by atoms with E-state index in [2.05, 4.69) is 48.1 Å². The third-order valence-electron chi connectivity index (χ3n) is 2.93. The molecule has 86 valence electrons. The molecule has 1 unspecified atom stereocenters. The number of hydrogen-bond donors (Lipinski definition) is 1. The Hall–Kier alpha value is -0.280. The second-order valence-electron chi connectivity index (χ2n) is 3.76. The Morgan fingerprint density at radius 3 is 2.40 bits per heavy atom. The quantitative estimate of drug-likeness (QED) is 0.843. The predicted molar refractivity (Wildman–Crippen MR) is 66.9 cm³/mol. The van der Waals surface area contributed by atoms with E-state index >= 15 is 0 Å². The molecule has 15 heavy (non-hydrogen) atoms. The van der Waals surface area contributed by atoms with E-state index in [9.17, 15) is 0 Å². The van der Waals surface area contributed by atoms with Gasteiger partial charge >= 0.3 is 0 Å². The van der Waals surface area contributed by atoms with Crippen molar-refractivity contribution in [3.05, 3.63) is 22.6 Å². The average Bonchev–Trinajstić information content (AvgIpc) is 2.65. The Morgan fingerprint density at radius 2 is 2.00 bits per heavy atom. The van der Waals surface area contributed by atoms with Crippen LogP contribution >= 0.6 is 15.9 Å². The van der Waals surface area contributed by atoms with E-state index in [0.717, 1.165) is 11.2 Å². The van der Waals surface area contributed by atoms with Gasteiger partial charge in [-0.05, 0) is 34.5 Å². The van der Waals surface area contributed by atoms with Crippen LogP contribution in [0.25, 0.3) is 0 Å². The van der Waals surface area contributed by atoms with Crippen LogP contribution in [-0.2, 0) is 0 Å². The normalized spacial score (nSPS) is 13.4. The van der Waals surface area contributed by atoms with Gasteiger partial charge in [-0.1, -0.05) is 33.6 Å². The SMILES string of the molecule is CCNC(c1ccoc1Br)C(CC)CC. The number of rotatable bonds is 6. The highest BCUT2D eigenvalue weighted by Gasteiger charge is 2.22. The third-order valence-corrected chi connectivity index (χ3v) is 3.57. The lowest BCUT2D eigenvalue weighted by molar-refractivity contribution is 0.342. The molecule has 0 aliphatic heterocycles. The molecule has 0 saturated carbocycles. The third kappa shape index (κ3) is 3.08. The van der Waals surface area contributed by atoms with Gasteiger partial charge in [0.05, 0.1) is 6.26 Å². The van der Waals surface area contributed by atoms with Crippen LogP contribution in [0.4, 0.5) is 0 Å². The number of halogens is 1. The van der Waals surface area contributed by atoms with Crippen molar-refractivity contribution >= 4 is 15.9 Å². The minimum absolute atomic E-state index is 0.401. The lowest BCUT2D eigenvalue weighted by atomic mass is 9.90. The fourth-order valence-electron chi connectivity index (χ4n) is 2.04. The number of furan rings is 1. The summed E-state index contributed by atoms with van der Waals surface area (Å²) in [7, 11) is 0.